The van der Waals surface area contributed by atoms with Crippen molar-refractivity contribution in [1.29, 1.82) is 0 Å². The van der Waals surface area contributed by atoms with Crippen molar-refractivity contribution >= 4 is 40.1 Å². The molecule has 8 heteroatoms. The molecule has 7 nitrogen and oxygen atoms in total. The Morgan fingerprint density at radius 1 is 1.00 bits per heavy atom. The molecule has 0 saturated carbocycles. The van der Waals surface area contributed by atoms with Crippen LogP contribution >= 0.6 is 11.6 Å². The molecule has 0 saturated heterocycles. The van der Waals surface area contributed by atoms with Crippen molar-refractivity contribution in [3.05, 3.63) is 59.3 Å². The van der Waals surface area contributed by atoms with Gasteiger partial charge in [-0.05, 0) is 24.3 Å². The summed E-state index contributed by atoms with van der Waals surface area (Å²) >= 11 is 5.97. The number of fused-ring (bicyclic) bond motifs is 1. The normalized spacial score (nSPS) is 10.5. The predicted octanol–water partition coefficient (Wildman–Crippen LogP) is 2.63. The molecule has 2 aromatic heterocycles. The Morgan fingerprint density at radius 2 is 1.74 bits per heavy atom. The lowest BCUT2D eigenvalue weighted by molar-refractivity contribution is 0.0685. The second kappa shape index (κ2) is 5.98. The van der Waals surface area contributed by atoms with Crippen molar-refractivity contribution in [2.45, 2.75) is 0 Å². The third-order valence-electron chi connectivity index (χ3n) is 3.07. The number of carboxylic acids is 1. The summed E-state index contributed by atoms with van der Waals surface area (Å²) in [7, 11) is 0. The number of anilines is 1. The first-order chi connectivity index (χ1) is 11.1. The molecule has 0 aliphatic carbocycles. The number of benzene rings is 1. The van der Waals surface area contributed by atoms with Crippen LogP contribution in [0.3, 0.4) is 0 Å². The highest BCUT2D eigenvalue weighted by atomic mass is 35.5. The van der Waals surface area contributed by atoms with Crippen LogP contribution in [-0.2, 0) is 0 Å². The molecular weight excluding hydrogens is 320 g/mol. The maximum atomic E-state index is 12.3. The average molecular weight is 329 g/mol. The number of hydrogen-bond acceptors (Lipinski definition) is 5. The van der Waals surface area contributed by atoms with Gasteiger partial charge in [0.1, 0.15) is 0 Å². The fraction of sp³-hybridized carbons (Fsp3) is 0. The third kappa shape index (κ3) is 2.95. The molecule has 0 spiro atoms. The minimum atomic E-state index is -1.33. The number of aromatic carboxylic acids is 1. The summed E-state index contributed by atoms with van der Waals surface area (Å²) in [5.41, 5.74) is 0.405. The van der Waals surface area contributed by atoms with E-state index in [1.54, 1.807) is 24.3 Å². The van der Waals surface area contributed by atoms with Gasteiger partial charge in [0.05, 0.1) is 11.2 Å². The van der Waals surface area contributed by atoms with Gasteiger partial charge in [0.15, 0.2) is 11.4 Å². The molecule has 114 valence electrons. The van der Waals surface area contributed by atoms with Crippen molar-refractivity contribution in [2.75, 3.05) is 5.32 Å². The van der Waals surface area contributed by atoms with E-state index in [-0.39, 0.29) is 5.69 Å². The Morgan fingerprint density at radius 3 is 2.48 bits per heavy atom. The smallest absolute Gasteiger partial charge is 0.356 e. The van der Waals surface area contributed by atoms with E-state index in [1.165, 1.54) is 18.6 Å². The number of nitrogens with zero attached hydrogens (tertiary/aromatic N) is 3. The second-order valence-corrected chi connectivity index (χ2v) is 4.97. The first kappa shape index (κ1) is 14.9. The summed E-state index contributed by atoms with van der Waals surface area (Å²) in [5, 5.41) is 12.8. The number of carbonyl (C=O) groups is 2. The van der Waals surface area contributed by atoms with E-state index in [4.69, 9.17) is 16.7 Å². The zero-order valence-corrected chi connectivity index (χ0v) is 12.3. The molecule has 3 aromatic rings. The van der Waals surface area contributed by atoms with Gasteiger partial charge in [-0.2, -0.15) is 0 Å². The van der Waals surface area contributed by atoms with Crippen molar-refractivity contribution in [3.63, 3.8) is 0 Å². The molecule has 3 rings (SSSR count). The van der Waals surface area contributed by atoms with E-state index < -0.39 is 17.6 Å². The van der Waals surface area contributed by atoms with E-state index >= 15 is 0 Å². The van der Waals surface area contributed by atoms with E-state index in [9.17, 15) is 9.59 Å². The van der Waals surface area contributed by atoms with Crippen LogP contribution in [0.2, 0.25) is 5.02 Å². The Kier molecular flexibility index (Phi) is 3.86. The maximum absolute atomic E-state index is 12.3. The number of nitrogens with one attached hydrogen (secondary N) is 1. The second-order valence-electron chi connectivity index (χ2n) is 4.53. The zero-order chi connectivity index (χ0) is 16.4. The van der Waals surface area contributed by atoms with Crippen molar-refractivity contribution in [2.24, 2.45) is 0 Å². The van der Waals surface area contributed by atoms with Crippen molar-refractivity contribution < 1.29 is 14.7 Å². The minimum Gasteiger partial charge on any atom is -0.476 e. The lowest BCUT2D eigenvalue weighted by Gasteiger charge is -2.09. The van der Waals surface area contributed by atoms with Crippen LogP contribution in [0.25, 0.3) is 10.9 Å². The van der Waals surface area contributed by atoms with Gasteiger partial charge in [0.2, 0.25) is 0 Å². The third-order valence-corrected chi connectivity index (χ3v) is 3.30. The molecule has 2 heterocycles. The van der Waals surface area contributed by atoms with Gasteiger partial charge in [-0.15, -0.1) is 0 Å². The monoisotopic (exact) mass is 328 g/mol. The molecule has 0 unspecified atom stereocenters. The summed E-state index contributed by atoms with van der Waals surface area (Å²) in [5.74, 6) is -2.01. The largest absolute Gasteiger partial charge is 0.476 e. The first-order valence-electron chi connectivity index (χ1n) is 6.46. The summed E-state index contributed by atoms with van der Waals surface area (Å²) in [6.45, 7) is 0. The maximum Gasteiger partial charge on any atom is 0.356 e. The van der Waals surface area contributed by atoms with Gasteiger partial charge in [-0.1, -0.05) is 11.6 Å². The van der Waals surface area contributed by atoms with Crippen molar-refractivity contribution in [1.82, 2.24) is 15.0 Å². The number of halogens is 1. The average Bonchev–Trinajstić information content (AvgIpc) is 2.55. The Bertz CT molecular complexity index is 929. The van der Waals surface area contributed by atoms with E-state index in [0.29, 0.717) is 21.6 Å². The quantitative estimate of drug-likeness (QED) is 0.765. The molecule has 0 radical (unpaired) electrons. The number of carbonyl (C=O) groups excluding carboxylic acids is 1. The molecule has 0 aliphatic rings. The summed E-state index contributed by atoms with van der Waals surface area (Å²) in [4.78, 5) is 35.1. The highest BCUT2D eigenvalue weighted by Gasteiger charge is 2.20. The summed E-state index contributed by atoms with van der Waals surface area (Å²) in [6.07, 6.45) is 3.99. The fourth-order valence-electron chi connectivity index (χ4n) is 2.07. The highest BCUT2D eigenvalue weighted by Crippen LogP contribution is 2.25. The Balaban J connectivity index is 2.01. The zero-order valence-electron chi connectivity index (χ0n) is 11.5. The molecule has 2 N–H and O–H groups in total. The van der Waals surface area contributed by atoms with Gasteiger partial charge >= 0.3 is 5.97 Å². The predicted molar refractivity (Wildman–Crippen MR) is 83.7 cm³/mol. The van der Waals surface area contributed by atoms with Crippen LogP contribution in [0.5, 0.6) is 0 Å². The minimum absolute atomic E-state index is 0.271. The number of aromatic nitrogens is 3. The molecule has 0 bridgehead atoms. The van der Waals surface area contributed by atoms with Crippen LogP contribution in [0, 0.1) is 0 Å². The SMILES string of the molecule is O=C(O)c1nccnc1C(=O)Nc1ccnc2ccc(Cl)cc12. The molecular formula is C15H9ClN4O3. The number of rotatable bonds is 3. The summed E-state index contributed by atoms with van der Waals surface area (Å²) in [6, 6.07) is 6.66. The van der Waals surface area contributed by atoms with Crippen LogP contribution in [0.15, 0.2) is 42.9 Å². The molecule has 0 atom stereocenters. The van der Waals surface area contributed by atoms with Gasteiger partial charge in [-0.3, -0.25) is 9.78 Å². The number of amides is 1. The first-order valence-corrected chi connectivity index (χ1v) is 6.84. The van der Waals surface area contributed by atoms with E-state index in [0.717, 1.165) is 0 Å². The standard InChI is InChI=1S/C15H9ClN4O3/c16-8-1-2-10-9(7-8)11(3-4-17-10)20-14(21)12-13(15(22)23)19-6-5-18-12/h1-7H,(H,22,23)(H,17,20,21). The van der Waals surface area contributed by atoms with Crippen LogP contribution in [-0.4, -0.2) is 31.9 Å². The highest BCUT2D eigenvalue weighted by molar-refractivity contribution is 6.31. The Labute approximate surface area is 135 Å². The van der Waals surface area contributed by atoms with Gasteiger partial charge in [0, 0.05) is 29.0 Å². The lowest BCUT2D eigenvalue weighted by Crippen LogP contribution is -2.19. The summed E-state index contributed by atoms with van der Waals surface area (Å²) < 4.78 is 0. The molecule has 1 amide bonds. The molecule has 0 fully saturated rings. The van der Waals surface area contributed by atoms with Crippen molar-refractivity contribution in [3.8, 4) is 0 Å². The molecule has 0 aliphatic heterocycles. The number of pyridine rings is 1. The van der Waals surface area contributed by atoms with Crippen LogP contribution in [0.1, 0.15) is 21.0 Å². The van der Waals surface area contributed by atoms with Crippen LogP contribution < -0.4 is 5.32 Å². The van der Waals surface area contributed by atoms with Gasteiger partial charge < -0.3 is 10.4 Å². The lowest BCUT2D eigenvalue weighted by atomic mass is 10.2. The number of hydrogen-bond donors (Lipinski definition) is 2. The van der Waals surface area contributed by atoms with E-state index in [1.807, 2.05) is 0 Å². The van der Waals surface area contributed by atoms with Gasteiger partial charge in [-0.25, -0.2) is 14.8 Å². The molecule has 1 aromatic carbocycles. The van der Waals surface area contributed by atoms with Crippen LogP contribution in [0.4, 0.5) is 5.69 Å². The molecule has 23 heavy (non-hydrogen) atoms. The Hall–Kier alpha value is -3.06. The topological polar surface area (TPSA) is 105 Å². The fourth-order valence-corrected chi connectivity index (χ4v) is 2.24. The number of carboxylic acid groups (broad SMARTS) is 1. The van der Waals surface area contributed by atoms with E-state index in [2.05, 4.69) is 20.3 Å². The van der Waals surface area contributed by atoms with Gasteiger partial charge in [0.25, 0.3) is 5.91 Å².